The Morgan fingerprint density at radius 1 is 0.976 bits per heavy atom. The second-order valence-electron chi connectivity index (χ2n) is 10.8. The van der Waals surface area contributed by atoms with Crippen molar-refractivity contribution < 1.29 is 22.7 Å². The molecule has 10 heteroatoms. The van der Waals surface area contributed by atoms with Crippen LogP contribution >= 0.6 is 11.6 Å². The first-order chi connectivity index (χ1) is 19.2. The number of hydrogen-bond acceptors (Lipinski definition) is 5. The number of rotatable bonds is 11. The van der Waals surface area contributed by atoms with Gasteiger partial charge in [-0.3, -0.25) is 13.9 Å². The summed E-state index contributed by atoms with van der Waals surface area (Å²) in [5, 5.41) is 3.34. The van der Waals surface area contributed by atoms with Crippen LogP contribution in [-0.4, -0.2) is 49.9 Å². The van der Waals surface area contributed by atoms with Gasteiger partial charge in [-0.2, -0.15) is 0 Å². The lowest BCUT2D eigenvalue weighted by atomic mass is 10.1. The van der Waals surface area contributed by atoms with E-state index in [1.807, 2.05) is 34.6 Å². The minimum atomic E-state index is -4.18. The van der Waals surface area contributed by atoms with Crippen molar-refractivity contribution in [2.75, 3.05) is 17.5 Å². The van der Waals surface area contributed by atoms with E-state index in [1.54, 1.807) is 67.6 Å². The molecule has 8 nitrogen and oxygen atoms in total. The van der Waals surface area contributed by atoms with Crippen LogP contribution in [0.4, 0.5) is 5.69 Å². The molecule has 0 saturated heterocycles. The Labute approximate surface area is 248 Å². The molecule has 0 saturated carbocycles. The average molecular weight is 600 g/mol. The van der Waals surface area contributed by atoms with Gasteiger partial charge in [-0.15, -0.1) is 0 Å². The fourth-order valence-electron chi connectivity index (χ4n) is 4.11. The van der Waals surface area contributed by atoms with E-state index in [0.717, 1.165) is 9.87 Å². The predicted octanol–water partition coefficient (Wildman–Crippen LogP) is 5.57. The number of hydrogen-bond donors (Lipinski definition) is 1. The number of sulfonamides is 1. The van der Waals surface area contributed by atoms with Crippen LogP contribution in [0.2, 0.25) is 5.02 Å². The SMILES string of the molecule is CCOc1ccc(S(=O)(=O)N(CC(=O)N(Cc2ccccc2Cl)[C@H](C)C(=O)NC(C)(C)C)c2ccc(C)cc2)cc1. The number of anilines is 1. The van der Waals surface area contributed by atoms with Gasteiger partial charge in [0, 0.05) is 17.1 Å². The van der Waals surface area contributed by atoms with E-state index in [-0.39, 0.29) is 17.3 Å². The fraction of sp³-hybridized carbons (Fsp3) is 0.355. The van der Waals surface area contributed by atoms with Crippen molar-refractivity contribution in [3.8, 4) is 5.75 Å². The number of carbonyl (C=O) groups is 2. The van der Waals surface area contributed by atoms with Crippen molar-refractivity contribution in [1.29, 1.82) is 0 Å². The molecule has 0 spiro atoms. The molecule has 41 heavy (non-hydrogen) atoms. The summed E-state index contributed by atoms with van der Waals surface area (Å²) in [6.45, 7) is 10.8. The van der Waals surface area contributed by atoms with Gasteiger partial charge in [0.1, 0.15) is 18.3 Å². The number of benzene rings is 3. The van der Waals surface area contributed by atoms with Crippen molar-refractivity contribution in [3.05, 3.63) is 88.9 Å². The topological polar surface area (TPSA) is 96.0 Å². The largest absolute Gasteiger partial charge is 0.494 e. The third-order valence-electron chi connectivity index (χ3n) is 6.29. The smallest absolute Gasteiger partial charge is 0.264 e. The highest BCUT2D eigenvalue weighted by atomic mass is 35.5. The first kappa shape index (κ1) is 32.0. The quantitative estimate of drug-likeness (QED) is 0.311. The Morgan fingerprint density at radius 2 is 1.59 bits per heavy atom. The molecule has 1 N–H and O–H groups in total. The van der Waals surface area contributed by atoms with E-state index in [0.29, 0.717) is 28.6 Å². The van der Waals surface area contributed by atoms with Gasteiger partial charge in [0.05, 0.1) is 17.2 Å². The van der Waals surface area contributed by atoms with Crippen molar-refractivity contribution in [2.24, 2.45) is 0 Å². The zero-order chi connectivity index (χ0) is 30.4. The summed E-state index contributed by atoms with van der Waals surface area (Å²) >= 11 is 6.41. The van der Waals surface area contributed by atoms with Gasteiger partial charge in [0.2, 0.25) is 11.8 Å². The standard InChI is InChI=1S/C31H38ClN3O5S/c1-7-40-26-16-18-27(19-17-26)41(38,39)35(25-14-12-22(2)13-15-25)21-29(36)34(20-24-10-8-9-11-28(24)32)23(3)30(37)33-31(4,5)6/h8-19,23H,7,20-21H2,1-6H3,(H,33,37)/t23-/m1/s1. The Bertz CT molecular complexity index is 1450. The first-order valence-electron chi connectivity index (χ1n) is 13.4. The second-order valence-corrected chi connectivity index (χ2v) is 13.0. The molecule has 0 aliphatic rings. The van der Waals surface area contributed by atoms with Gasteiger partial charge in [-0.25, -0.2) is 8.42 Å². The van der Waals surface area contributed by atoms with Crippen LogP contribution < -0.4 is 14.4 Å². The number of halogens is 1. The van der Waals surface area contributed by atoms with Crippen LogP contribution in [-0.2, 0) is 26.2 Å². The molecule has 220 valence electrons. The maximum absolute atomic E-state index is 14.0. The molecule has 0 aliphatic heterocycles. The third-order valence-corrected chi connectivity index (χ3v) is 8.44. The Kier molecular flexibility index (Phi) is 10.4. The van der Waals surface area contributed by atoms with Crippen molar-refractivity contribution in [3.63, 3.8) is 0 Å². The minimum absolute atomic E-state index is 0.00510. The van der Waals surface area contributed by atoms with E-state index in [4.69, 9.17) is 16.3 Å². The van der Waals surface area contributed by atoms with Crippen LogP contribution in [0.5, 0.6) is 5.75 Å². The molecular weight excluding hydrogens is 562 g/mol. The lowest BCUT2D eigenvalue weighted by molar-refractivity contribution is -0.140. The average Bonchev–Trinajstić information content (AvgIpc) is 2.91. The second kappa shape index (κ2) is 13.4. The number of nitrogens with one attached hydrogen (secondary N) is 1. The van der Waals surface area contributed by atoms with Crippen molar-refractivity contribution >= 4 is 39.1 Å². The normalized spacial score (nSPS) is 12.4. The Morgan fingerprint density at radius 3 is 2.15 bits per heavy atom. The molecule has 3 aromatic rings. The first-order valence-corrected chi connectivity index (χ1v) is 15.2. The maximum Gasteiger partial charge on any atom is 0.264 e. The number of aryl methyl sites for hydroxylation is 1. The monoisotopic (exact) mass is 599 g/mol. The van der Waals surface area contributed by atoms with E-state index < -0.39 is 34.1 Å². The minimum Gasteiger partial charge on any atom is -0.494 e. The summed E-state index contributed by atoms with van der Waals surface area (Å²) in [6, 6.07) is 19.1. The molecule has 0 bridgehead atoms. The highest BCUT2D eigenvalue weighted by Crippen LogP contribution is 2.27. The lowest BCUT2D eigenvalue weighted by Crippen LogP contribution is -2.54. The van der Waals surface area contributed by atoms with E-state index in [1.165, 1.54) is 17.0 Å². The molecule has 3 aromatic carbocycles. The number of carbonyl (C=O) groups excluding carboxylic acids is 2. The van der Waals surface area contributed by atoms with Gasteiger partial charge in [-0.1, -0.05) is 47.5 Å². The summed E-state index contributed by atoms with van der Waals surface area (Å²) < 4.78 is 34.5. The van der Waals surface area contributed by atoms with Gasteiger partial charge >= 0.3 is 0 Å². The van der Waals surface area contributed by atoms with E-state index in [9.17, 15) is 18.0 Å². The number of amides is 2. The summed E-state index contributed by atoms with van der Waals surface area (Å²) in [6.07, 6.45) is 0. The summed E-state index contributed by atoms with van der Waals surface area (Å²) in [5.74, 6) is -0.389. The molecule has 0 aromatic heterocycles. The highest BCUT2D eigenvalue weighted by Gasteiger charge is 2.33. The van der Waals surface area contributed by atoms with Crippen LogP contribution in [0, 0.1) is 6.92 Å². The molecule has 3 rings (SSSR count). The Balaban J connectivity index is 2.04. The Hall–Kier alpha value is -3.56. The van der Waals surface area contributed by atoms with Crippen molar-refractivity contribution in [1.82, 2.24) is 10.2 Å². The van der Waals surface area contributed by atoms with Gasteiger partial charge in [0.15, 0.2) is 0 Å². The molecule has 0 radical (unpaired) electrons. The molecule has 2 amide bonds. The highest BCUT2D eigenvalue weighted by molar-refractivity contribution is 7.92. The van der Waals surface area contributed by atoms with Crippen LogP contribution in [0.15, 0.2) is 77.7 Å². The number of ether oxygens (including phenoxy) is 1. The van der Waals surface area contributed by atoms with E-state index in [2.05, 4.69) is 5.32 Å². The van der Waals surface area contributed by atoms with Gasteiger partial charge in [-0.05, 0) is 89.6 Å². The molecule has 0 fully saturated rings. The van der Waals surface area contributed by atoms with E-state index >= 15 is 0 Å². The predicted molar refractivity (Wildman–Crippen MR) is 163 cm³/mol. The third kappa shape index (κ3) is 8.47. The maximum atomic E-state index is 14.0. The summed E-state index contributed by atoms with van der Waals surface area (Å²) in [7, 11) is -4.18. The molecule has 1 atom stereocenters. The van der Waals surface area contributed by atoms with Gasteiger partial charge in [0.25, 0.3) is 10.0 Å². The molecular formula is C31H38ClN3O5S. The van der Waals surface area contributed by atoms with Crippen LogP contribution in [0.25, 0.3) is 0 Å². The van der Waals surface area contributed by atoms with Crippen LogP contribution in [0.1, 0.15) is 45.7 Å². The molecule has 0 unspecified atom stereocenters. The fourth-order valence-corrected chi connectivity index (χ4v) is 5.72. The summed E-state index contributed by atoms with van der Waals surface area (Å²) in [5.41, 5.74) is 1.36. The van der Waals surface area contributed by atoms with Gasteiger partial charge < -0.3 is 15.0 Å². The van der Waals surface area contributed by atoms with Crippen molar-refractivity contribution in [2.45, 2.75) is 64.6 Å². The van der Waals surface area contributed by atoms with Crippen LogP contribution in [0.3, 0.4) is 0 Å². The molecule has 0 aliphatic carbocycles. The lowest BCUT2D eigenvalue weighted by Gasteiger charge is -2.33. The zero-order valence-corrected chi connectivity index (χ0v) is 25.9. The number of nitrogens with zero attached hydrogens (tertiary/aromatic N) is 2. The summed E-state index contributed by atoms with van der Waals surface area (Å²) in [4.78, 5) is 28.6. The zero-order valence-electron chi connectivity index (χ0n) is 24.3. The molecule has 0 heterocycles.